The molecule has 0 unspecified atom stereocenters. The van der Waals surface area contributed by atoms with Gasteiger partial charge in [0.25, 0.3) is 0 Å². The van der Waals surface area contributed by atoms with Crippen molar-refractivity contribution in [3.05, 3.63) is 51.5 Å². The molecule has 0 fully saturated rings. The second-order valence-electron chi connectivity index (χ2n) is 4.47. The molecule has 0 amide bonds. The maximum Gasteiger partial charge on any atom is 0.355 e. The number of benzene rings is 1. The summed E-state index contributed by atoms with van der Waals surface area (Å²) in [4.78, 5) is 14.6. The van der Waals surface area contributed by atoms with E-state index < -0.39 is 11.8 Å². The van der Waals surface area contributed by atoms with Crippen LogP contribution in [-0.2, 0) is 22.7 Å². The van der Waals surface area contributed by atoms with Gasteiger partial charge in [-0.1, -0.05) is 0 Å². The highest BCUT2D eigenvalue weighted by molar-refractivity contribution is 9.10. The molecular weight excluding hydrogens is 345 g/mol. The molecule has 1 aliphatic rings. The number of hydrogen-bond donors (Lipinski definition) is 1. The predicted molar refractivity (Wildman–Crippen MR) is 74.3 cm³/mol. The Hall–Kier alpha value is -1.86. The third kappa shape index (κ3) is 3.08. The van der Waals surface area contributed by atoms with Crippen molar-refractivity contribution < 1.29 is 23.4 Å². The summed E-state index contributed by atoms with van der Waals surface area (Å²) in [6, 6.07) is 4.25. The molecule has 5 nitrogen and oxygen atoms in total. The van der Waals surface area contributed by atoms with E-state index in [-0.39, 0.29) is 20.0 Å². The van der Waals surface area contributed by atoms with Gasteiger partial charge in [0.1, 0.15) is 23.9 Å². The van der Waals surface area contributed by atoms with E-state index >= 15 is 0 Å². The second kappa shape index (κ2) is 5.87. The van der Waals surface area contributed by atoms with Crippen LogP contribution in [0.15, 0.2) is 28.9 Å². The molecule has 0 atom stereocenters. The van der Waals surface area contributed by atoms with Gasteiger partial charge in [-0.3, -0.25) is 0 Å². The first-order chi connectivity index (χ1) is 10.1. The minimum Gasteiger partial charge on any atom is -0.467 e. The lowest BCUT2D eigenvalue weighted by atomic mass is 10.1. The first-order valence-corrected chi connectivity index (χ1v) is 6.95. The zero-order valence-corrected chi connectivity index (χ0v) is 12.4. The van der Waals surface area contributed by atoms with Crippen LogP contribution in [0, 0.1) is 5.82 Å². The van der Waals surface area contributed by atoms with Gasteiger partial charge >= 0.3 is 5.97 Å². The SMILES string of the molecule is O=C(OCc1cc(F)cc2c1OCOC2)c1cc(Br)c[nH]1. The van der Waals surface area contributed by atoms with Crippen LogP contribution in [0.5, 0.6) is 5.75 Å². The number of fused-ring (bicyclic) bond motifs is 1. The van der Waals surface area contributed by atoms with Crippen molar-refractivity contribution in [3.8, 4) is 5.75 Å². The van der Waals surface area contributed by atoms with E-state index in [4.69, 9.17) is 14.2 Å². The molecule has 3 rings (SSSR count). The molecule has 7 heteroatoms. The van der Waals surface area contributed by atoms with Gasteiger partial charge in [0, 0.05) is 21.8 Å². The average Bonchev–Trinajstić information content (AvgIpc) is 2.91. The lowest BCUT2D eigenvalue weighted by Crippen LogP contribution is -2.15. The minimum atomic E-state index is -0.522. The van der Waals surface area contributed by atoms with Crippen LogP contribution in [0.3, 0.4) is 0 Å². The van der Waals surface area contributed by atoms with Crippen molar-refractivity contribution in [1.82, 2.24) is 4.98 Å². The van der Waals surface area contributed by atoms with Crippen LogP contribution in [0.4, 0.5) is 4.39 Å². The molecule has 1 aromatic heterocycles. The Morgan fingerprint density at radius 1 is 1.43 bits per heavy atom. The fourth-order valence-corrected chi connectivity index (χ4v) is 2.41. The average molecular weight is 356 g/mol. The summed E-state index contributed by atoms with van der Waals surface area (Å²) in [6.45, 7) is 0.302. The Labute approximate surface area is 128 Å². The Morgan fingerprint density at radius 3 is 3.05 bits per heavy atom. The number of aromatic amines is 1. The van der Waals surface area contributed by atoms with E-state index in [9.17, 15) is 9.18 Å². The molecule has 1 N–H and O–H groups in total. The monoisotopic (exact) mass is 355 g/mol. The van der Waals surface area contributed by atoms with E-state index in [1.54, 1.807) is 12.3 Å². The largest absolute Gasteiger partial charge is 0.467 e. The molecule has 0 radical (unpaired) electrons. The molecule has 0 saturated carbocycles. The Kier molecular flexibility index (Phi) is 3.94. The topological polar surface area (TPSA) is 60.6 Å². The lowest BCUT2D eigenvalue weighted by molar-refractivity contribution is -0.0183. The summed E-state index contributed by atoms with van der Waals surface area (Å²) in [6.07, 6.45) is 1.63. The Morgan fingerprint density at radius 2 is 2.29 bits per heavy atom. The number of hydrogen-bond acceptors (Lipinski definition) is 4. The highest BCUT2D eigenvalue weighted by Crippen LogP contribution is 2.30. The van der Waals surface area contributed by atoms with Gasteiger partial charge in [0.2, 0.25) is 0 Å². The quantitative estimate of drug-likeness (QED) is 0.859. The fourth-order valence-electron chi connectivity index (χ4n) is 2.07. The normalized spacial score (nSPS) is 13.4. The van der Waals surface area contributed by atoms with Crippen LogP contribution in [0.2, 0.25) is 0 Å². The van der Waals surface area contributed by atoms with Gasteiger partial charge in [-0.25, -0.2) is 9.18 Å². The van der Waals surface area contributed by atoms with E-state index in [2.05, 4.69) is 20.9 Å². The Bertz CT molecular complexity index is 686. The summed E-state index contributed by atoms with van der Waals surface area (Å²) in [7, 11) is 0. The first-order valence-electron chi connectivity index (χ1n) is 6.16. The number of aromatic nitrogens is 1. The number of esters is 1. The molecule has 0 spiro atoms. The number of carbonyl (C=O) groups excluding carboxylic acids is 1. The van der Waals surface area contributed by atoms with Crippen molar-refractivity contribution in [1.29, 1.82) is 0 Å². The smallest absolute Gasteiger partial charge is 0.355 e. The second-order valence-corrected chi connectivity index (χ2v) is 5.39. The first kappa shape index (κ1) is 14.1. The molecule has 1 aliphatic heterocycles. The van der Waals surface area contributed by atoms with E-state index in [1.807, 2.05) is 0 Å². The molecule has 110 valence electrons. The number of ether oxygens (including phenoxy) is 3. The number of halogens is 2. The van der Waals surface area contributed by atoms with Crippen molar-refractivity contribution in [2.75, 3.05) is 6.79 Å². The highest BCUT2D eigenvalue weighted by atomic mass is 79.9. The highest BCUT2D eigenvalue weighted by Gasteiger charge is 2.18. The molecule has 0 saturated heterocycles. The summed E-state index contributed by atoms with van der Waals surface area (Å²) in [5.41, 5.74) is 1.40. The third-order valence-corrected chi connectivity index (χ3v) is 3.44. The molecule has 0 bridgehead atoms. The van der Waals surface area contributed by atoms with E-state index in [0.717, 1.165) is 4.47 Å². The minimum absolute atomic E-state index is 0.0738. The van der Waals surface area contributed by atoms with E-state index in [1.165, 1.54) is 12.1 Å². The molecule has 0 aliphatic carbocycles. The Balaban J connectivity index is 1.76. The van der Waals surface area contributed by atoms with Crippen LogP contribution < -0.4 is 4.74 Å². The lowest BCUT2D eigenvalue weighted by Gasteiger charge is -2.20. The zero-order chi connectivity index (χ0) is 14.8. The molecule has 1 aromatic carbocycles. The van der Waals surface area contributed by atoms with Crippen LogP contribution in [0.25, 0.3) is 0 Å². The van der Waals surface area contributed by atoms with Gasteiger partial charge in [-0.05, 0) is 34.1 Å². The molecule has 21 heavy (non-hydrogen) atoms. The maximum atomic E-state index is 13.5. The number of nitrogens with one attached hydrogen (secondary N) is 1. The van der Waals surface area contributed by atoms with Gasteiger partial charge in [0.15, 0.2) is 6.79 Å². The fraction of sp³-hybridized carbons (Fsp3) is 0.214. The van der Waals surface area contributed by atoms with Gasteiger partial charge < -0.3 is 19.2 Å². The van der Waals surface area contributed by atoms with Crippen molar-refractivity contribution in [3.63, 3.8) is 0 Å². The van der Waals surface area contributed by atoms with Crippen molar-refractivity contribution in [2.45, 2.75) is 13.2 Å². The standard InChI is InChI=1S/C14H11BrFNO4/c15-10-3-12(17-4-10)14(18)20-6-9-2-11(16)1-8-5-19-7-21-13(8)9/h1-4,17H,5-7H2. The molecular formula is C14H11BrFNO4. The summed E-state index contributed by atoms with van der Waals surface area (Å²) in [5.74, 6) is -0.426. The summed E-state index contributed by atoms with van der Waals surface area (Å²) < 4.78 is 29.9. The summed E-state index contributed by atoms with van der Waals surface area (Å²) in [5, 5.41) is 0. The van der Waals surface area contributed by atoms with Crippen molar-refractivity contribution >= 4 is 21.9 Å². The van der Waals surface area contributed by atoms with Gasteiger partial charge in [-0.2, -0.15) is 0 Å². The number of rotatable bonds is 3. The van der Waals surface area contributed by atoms with E-state index in [0.29, 0.717) is 22.6 Å². The zero-order valence-electron chi connectivity index (χ0n) is 10.8. The van der Waals surface area contributed by atoms with Gasteiger partial charge in [-0.15, -0.1) is 0 Å². The number of H-pyrrole nitrogens is 1. The van der Waals surface area contributed by atoms with Crippen LogP contribution in [0.1, 0.15) is 21.6 Å². The van der Waals surface area contributed by atoms with Crippen LogP contribution in [-0.4, -0.2) is 17.7 Å². The third-order valence-electron chi connectivity index (χ3n) is 2.98. The molecule has 2 aromatic rings. The van der Waals surface area contributed by atoms with Gasteiger partial charge in [0.05, 0.1) is 6.61 Å². The predicted octanol–water partition coefficient (Wildman–Crippen LogP) is 3.14. The summed E-state index contributed by atoms with van der Waals surface area (Å²) >= 11 is 3.23. The van der Waals surface area contributed by atoms with Crippen molar-refractivity contribution in [2.24, 2.45) is 0 Å². The number of carbonyl (C=O) groups is 1. The maximum absolute atomic E-state index is 13.5. The molecule has 2 heterocycles. The van der Waals surface area contributed by atoms with Crippen LogP contribution >= 0.6 is 15.9 Å².